The number of nitro groups is 2. The normalized spacial score (nSPS) is 24.2. The van der Waals surface area contributed by atoms with Crippen LogP contribution in [0.1, 0.15) is 46.5 Å². The van der Waals surface area contributed by atoms with Gasteiger partial charge in [0.1, 0.15) is 5.60 Å². The van der Waals surface area contributed by atoms with Gasteiger partial charge in [0.05, 0.1) is 9.85 Å². The number of hydrogen-bond donors (Lipinski definition) is 1. The molecule has 4 fully saturated rings. The van der Waals surface area contributed by atoms with E-state index >= 15 is 0 Å². The lowest BCUT2D eigenvalue weighted by atomic mass is 10.2. The molecule has 0 radical (unpaired) electrons. The summed E-state index contributed by atoms with van der Waals surface area (Å²) >= 11 is 0. The summed E-state index contributed by atoms with van der Waals surface area (Å²) in [6.45, 7) is 6.30. The van der Waals surface area contributed by atoms with Crippen LogP contribution in [-0.4, -0.2) is 102 Å². The summed E-state index contributed by atoms with van der Waals surface area (Å²) in [5, 5.41) is 25.6. The molecule has 2 aromatic rings. The summed E-state index contributed by atoms with van der Waals surface area (Å²) in [7, 11) is -7.85. The molecule has 4 aliphatic heterocycles. The van der Waals surface area contributed by atoms with Crippen LogP contribution in [0.2, 0.25) is 0 Å². The lowest BCUT2D eigenvalue weighted by molar-refractivity contribution is -0.388. The van der Waals surface area contributed by atoms with Gasteiger partial charge >= 0.3 is 6.09 Å². The molecule has 0 saturated carbocycles. The molecule has 264 valence electrons. The summed E-state index contributed by atoms with van der Waals surface area (Å²) in [4.78, 5) is 34.5. The van der Waals surface area contributed by atoms with Crippen LogP contribution in [0.25, 0.3) is 0 Å². The van der Waals surface area contributed by atoms with Crippen molar-refractivity contribution in [2.45, 2.75) is 86.0 Å². The van der Waals surface area contributed by atoms with E-state index in [0.29, 0.717) is 25.9 Å². The molecule has 0 spiro atoms. The van der Waals surface area contributed by atoms with Gasteiger partial charge in [0, 0.05) is 62.5 Å². The number of rotatable bonds is 6. The van der Waals surface area contributed by atoms with Gasteiger partial charge in [-0.2, -0.15) is 8.61 Å². The maximum atomic E-state index is 13.0. The van der Waals surface area contributed by atoms with E-state index in [-0.39, 0.29) is 65.1 Å². The first-order chi connectivity index (χ1) is 22.0. The Balaban J connectivity index is 0.000000221. The van der Waals surface area contributed by atoms with Crippen molar-refractivity contribution in [1.29, 1.82) is 0 Å². The van der Waals surface area contributed by atoms with E-state index in [4.69, 9.17) is 4.74 Å². The van der Waals surface area contributed by atoms with Gasteiger partial charge in [-0.05, 0) is 58.6 Å². The Morgan fingerprint density at radius 2 is 1.15 bits per heavy atom. The van der Waals surface area contributed by atoms with Crippen molar-refractivity contribution in [3.8, 4) is 0 Å². The third-order valence-corrected chi connectivity index (χ3v) is 12.4. The molecule has 2 aromatic carbocycles. The third-order valence-electron chi connectivity index (χ3n) is 8.60. The number of carbonyl (C=O) groups excluding carboxylic acids is 1. The number of halogens is 1. The number of sulfonamides is 2. The van der Waals surface area contributed by atoms with Gasteiger partial charge < -0.3 is 10.1 Å². The topological polar surface area (TPSA) is 203 Å². The molecule has 1 amide bonds. The third kappa shape index (κ3) is 7.73. The van der Waals surface area contributed by atoms with Gasteiger partial charge in [-0.3, -0.25) is 25.1 Å². The van der Waals surface area contributed by atoms with Crippen molar-refractivity contribution in [3.63, 3.8) is 0 Å². The second kappa shape index (κ2) is 14.2. The van der Waals surface area contributed by atoms with Crippen LogP contribution in [0.15, 0.2) is 58.3 Å². The molecule has 1 N–H and O–H groups in total. The highest BCUT2D eigenvalue weighted by Gasteiger charge is 2.48. The molecule has 48 heavy (non-hydrogen) atoms. The highest BCUT2D eigenvalue weighted by atomic mass is 35.5. The molecule has 4 atom stereocenters. The van der Waals surface area contributed by atoms with Crippen molar-refractivity contribution < 1.29 is 36.2 Å². The number of amides is 1. The van der Waals surface area contributed by atoms with Gasteiger partial charge in [-0.1, -0.05) is 24.3 Å². The summed E-state index contributed by atoms with van der Waals surface area (Å²) < 4.78 is 59.4. The Morgan fingerprint density at radius 3 is 1.54 bits per heavy atom. The molecule has 4 heterocycles. The molecule has 19 heteroatoms. The minimum Gasteiger partial charge on any atom is -0.444 e. The summed E-state index contributed by atoms with van der Waals surface area (Å²) in [5.41, 5.74) is -1.44. The van der Waals surface area contributed by atoms with Crippen LogP contribution in [0.3, 0.4) is 0 Å². The molecule has 0 aromatic heterocycles. The zero-order valence-corrected chi connectivity index (χ0v) is 29.1. The van der Waals surface area contributed by atoms with E-state index in [9.17, 15) is 41.9 Å². The number of para-hydroxylation sites is 2. The summed E-state index contributed by atoms with van der Waals surface area (Å²) in [6.07, 6.45) is 2.80. The number of nitrogens with zero attached hydrogens (tertiary/aromatic N) is 5. The zero-order chi connectivity index (χ0) is 34.3. The quantitative estimate of drug-likeness (QED) is 0.337. The van der Waals surface area contributed by atoms with Crippen molar-refractivity contribution in [2.75, 3.05) is 26.2 Å². The number of carbonyl (C=O) groups is 1. The number of ether oxygens (including phenoxy) is 1. The molecular weight excluding hydrogens is 692 g/mol. The molecule has 16 nitrogen and oxygen atoms in total. The van der Waals surface area contributed by atoms with Gasteiger partial charge in [0.2, 0.25) is 20.0 Å². The lowest BCUT2D eigenvalue weighted by Crippen LogP contribution is -2.57. The highest BCUT2D eigenvalue weighted by Crippen LogP contribution is 2.36. The maximum absolute atomic E-state index is 13.0. The van der Waals surface area contributed by atoms with E-state index in [0.717, 1.165) is 12.8 Å². The SMILES string of the molecule is CC(C)(C)OC(=O)N1C2CCC1CN(S(=O)(=O)c1ccccc1[N+](=O)[O-])C2.Cl.O=[N+]([O-])c1ccccc1S(=O)(=O)N1CC2CCC(C1)N2. The fraction of sp³-hybridized carbons (Fsp3) is 0.552. The second-order valence-electron chi connectivity index (χ2n) is 13.0. The Labute approximate surface area is 285 Å². The maximum Gasteiger partial charge on any atom is 0.410 e. The van der Waals surface area contributed by atoms with E-state index < -0.39 is 47.3 Å². The molecule has 4 saturated heterocycles. The van der Waals surface area contributed by atoms with Gasteiger partial charge in [-0.15, -0.1) is 12.4 Å². The van der Waals surface area contributed by atoms with Crippen molar-refractivity contribution in [1.82, 2.24) is 18.8 Å². The minimum absolute atomic E-state index is 0. The van der Waals surface area contributed by atoms with E-state index in [1.165, 1.54) is 57.1 Å². The molecule has 4 bridgehead atoms. The first kappa shape index (κ1) is 37.4. The van der Waals surface area contributed by atoms with Crippen LogP contribution in [-0.2, 0) is 24.8 Å². The highest BCUT2D eigenvalue weighted by molar-refractivity contribution is 7.89. The Bertz CT molecular complexity index is 1750. The van der Waals surface area contributed by atoms with E-state index in [1.807, 2.05) is 0 Å². The second-order valence-corrected chi connectivity index (χ2v) is 16.8. The fourth-order valence-corrected chi connectivity index (χ4v) is 9.92. The summed E-state index contributed by atoms with van der Waals surface area (Å²) in [5.74, 6) is 0. The minimum atomic E-state index is -4.03. The molecule has 4 unspecified atom stereocenters. The van der Waals surface area contributed by atoms with Crippen LogP contribution in [0.5, 0.6) is 0 Å². The lowest BCUT2D eigenvalue weighted by Gasteiger charge is -2.40. The zero-order valence-electron chi connectivity index (χ0n) is 26.6. The Kier molecular flexibility index (Phi) is 11.1. The van der Waals surface area contributed by atoms with Crippen LogP contribution in [0.4, 0.5) is 16.2 Å². The van der Waals surface area contributed by atoms with Gasteiger partial charge in [0.25, 0.3) is 11.4 Å². The Morgan fingerprint density at radius 1 is 0.750 bits per heavy atom. The van der Waals surface area contributed by atoms with Gasteiger partial charge in [0.15, 0.2) is 9.79 Å². The monoisotopic (exact) mass is 730 g/mol. The number of nitro benzene ring substituents is 2. The van der Waals surface area contributed by atoms with Crippen LogP contribution < -0.4 is 5.32 Å². The molecule has 6 rings (SSSR count). The van der Waals surface area contributed by atoms with Crippen molar-refractivity contribution in [2.24, 2.45) is 0 Å². The first-order valence-corrected chi connectivity index (χ1v) is 18.1. The smallest absolute Gasteiger partial charge is 0.410 e. The standard InChI is InChI=1S/C17H23N3O6S.C12H15N3O4S.ClH/c1-17(2,3)26-16(21)19-12-8-9-13(19)11-18(10-12)27(24,25)15-7-5-4-6-14(15)20(22)23;16-15(17)11-3-1-2-4-12(11)20(18,19)14-7-9-5-6-10(8-14)13-9;/h4-7,12-13H,8-11H2,1-3H3;1-4,9-10,13H,5-8H2;1H. The average Bonchev–Trinajstić information content (AvgIpc) is 3.49. The molecular formula is C29H39ClN6O10S2. The Hall–Kier alpha value is -3.42. The number of piperazine rings is 2. The molecule has 4 aliphatic rings. The van der Waals surface area contributed by atoms with Crippen molar-refractivity contribution in [3.05, 3.63) is 68.8 Å². The van der Waals surface area contributed by atoms with E-state index in [1.54, 1.807) is 25.7 Å². The number of fused-ring (bicyclic) bond motifs is 4. The first-order valence-electron chi connectivity index (χ1n) is 15.2. The number of hydrogen-bond acceptors (Lipinski definition) is 11. The summed E-state index contributed by atoms with van der Waals surface area (Å²) in [6, 6.07) is 10.6. The average molecular weight is 731 g/mol. The van der Waals surface area contributed by atoms with E-state index in [2.05, 4.69) is 5.32 Å². The van der Waals surface area contributed by atoms with Crippen molar-refractivity contribution >= 4 is 49.9 Å². The number of benzene rings is 2. The predicted octanol–water partition coefficient (Wildman–Crippen LogP) is 3.51. The fourth-order valence-electron chi connectivity index (χ4n) is 6.56. The van der Waals surface area contributed by atoms with Crippen LogP contribution >= 0.6 is 12.4 Å². The predicted molar refractivity (Wildman–Crippen MR) is 176 cm³/mol. The largest absolute Gasteiger partial charge is 0.444 e. The number of nitrogens with one attached hydrogen (secondary N) is 1. The van der Waals surface area contributed by atoms with Crippen LogP contribution in [0, 0.1) is 20.2 Å². The molecule has 0 aliphatic carbocycles. The van der Waals surface area contributed by atoms with Gasteiger partial charge in [-0.25, -0.2) is 21.6 Å².